The molecule has 1 heterocycles. The van der Waals surface area contributed by atoms with Crippen molar-refractivity contribution in [3.05, 3.63) is 66.5 Å². The summed E-state index contributed by atoms with van der Waals surface area (Å²) in [5, 5.41) is 14.0. The summed E-state index contributed by atoms with van der Waals surface area (Å²) in [6, 6.07) is 17.5. The van der Waals surface area contributed by atoms with Gasteiger partial charge >= 0.3 is 0 Å². The molecule has 0 aliphatic heterocycles. The monoisotopic (exact) mass is 339 g/mol. The van der Waals surface area contributed by atoms with Gasteiger partial charge in [0.1, 0.15) is 6.33 Å². The van der Waals surface area contributed by atoms with Crippen LogP contribution in [0.5, 0.6) is 0 Å². The Hall–Kier alpha value is -2.67. The lowest BCUT2D eigenvalue weighted by molar-refractivity contribution is 0.0954. The minimum absolute atomic E-state index is 0.0883. The van der Waals surface area contributed by atoms with Crippen LogP contribution >= 0.6 is 11.8 Å². The molecule has 0 fully saturated rings. The fraction of sp³-hybridized carbons (Fsp3) is 0.176. The molecule has 0 atom stereocenters. The molecule has 0 unspecified atom stereocenters. The maximum absolute atomic E-state index is 12.2. The highest BCUT2D eigenvalue weighted by Crippen LogP contribution is 2.17. The normalized spacial score (nSPS) is 10.5. The Kier molecular flexibility index (Phi) is 5.57. The van der Waals surface area contributed by atoms with Crippen molar-refractivity contribution in [1.29, 1.82) is 0 Å². The molecular weight excluding hydrogens is 322 g/mol. The van der Waals surface area contributed by atoms with Crippen LogP contribution in [0.2, 0.25) is 0 Å². The first kappa shape index (κ1) is 16.2. The SMILES string of the molecule is O=C(NCCCSc1ccccc1)c1cccc(-n2cnnn2)c1. The summed E-state index contributed by atoms with van der Waals surface area (Å²) in [6.45, 7) is 0.647. The first-order valence-electron chi connectivity index (χ1n) is 7.62. The Morgan fingerprint density at radius 1 is 1.12 bits per heavy atom. The molecule has 6 nitrogen and oxygen atoms in total. The fourth-order valence-electron chi connectivity index (χ4n) is 2.15. The van der Waals surface area contributed by atoms with E-state index in [1.807, 2.05) is 30.3 Å². The van der Waals surface area contributed by atoms with Gasteiger partial charge in [0.25, 0.3) is 5.91 Å². The quantitative estimate of drug-likeness (QED) is 0.529. The van der Waals surface area contributed by atoms with E-state index in [1.165, 1.54) is 15.9 Å². The van der Waals surface area contributed by atoms with Crippen molar-refractivity contribution >= 4 is 17.7 Å². The first-order valence-corrected chi connectivity index (χ1v) is 8.61. The minimum atomic E-state index is -0.0883. The Morgan fingerprint density at radius 3 is 2.79 bits per heavy atom. The van der Waals surface area contributed by atoms with Gasteiger partial charge in [0.15, 0.2) is 0 Å². The molecule has 3 aromatic rings. The number of rotatable bonds is 7. The summed E-state index contributed by atoms with van der Waals surface area (Å²) < 4.78 is 1.52. The van der Waals surface area contributed by atoms with Crippen molar-refractivity contribution in [1.82, 2.24) is 25.5 Å². The van der Waals surface area contributed by atoms with E-state index >= 15 is 0 Å². The number of nitrogens with one attached hydrogen (secondary N) is 1. The molecule has 0 saturated carbocycles. The average molecular weight is 339 g/mol. The van der Waals surface area contributed by atoms with Crippen LogP contribution in [-0.4, -0.2) is 38.4 Å². The number of benzene rings is 2. The molecule has 0 bridgehead atoms. The maximum atomic E-state index is 12.2. The number of thioether (sulfide) groups is 1. The van der Waals surface area contributed by atoms with Crippen LogP contribution in [0.15, 0.2) is 65.8 Å². The lowest BCUT2D eigenvalue weighted by atomic mass is 10.2. The number of aromatic nitrogens is 4. The number of tetrazole rings is 1. The van der Waals surface area contributed by atoms with Crippen molar-refractivity contribution in [2.45, 2.75) is 11.3 Å². The van der Waals surface area contributed by atoms with Crippen LogP contribution in [0.3, 0.4) is 0 Å². The van der Waals surface area contributed by atoms with Crippen molar-refractivity contribution in [3.8, 4) is 5.69 Å². The number of nitrogens with zero attached hydrogens (tertiary/aromatic N) is 4. The second kappa shape index (κ2) is 8.26. The van der Waals surface area contributed by atoms with E-state index in [-0.39, 0.29) is 5.91 Å². The van der Waals surface area contributed by atoms with E-state index in [0.717, 1.165) is 17.9 Å². The Labute approximate surface area is 144 Å². The molecule has 1 N–H and O–H groups in total. The van der Waals surface area contributed by atoms with Gasteiger partial charge in [0.05, 0.1) is 5.69 Å². The van der Waals surface area contributed by atoms with Crippen LogP contribution < -0.4 is 5.32 Å². The predicted molar refractivity (Wildman–Crippen MR) is 93.3 cm³/mol. The molecule has 3 rings (SSSR count). The number of amides is 1. The summed E-state index contributed by atoms with van der Waals surface area (Å²) >= 11 is 1.79. The third kappa shape index (κ3) is 4.42. The van der Waals surface area contributed by atoms with Gasteiger partial charge in [-0.2, -0.15) is 0 Å². The third-order valence-electron chi connectivity index (χ3n) is 3.34. The molecule has 0 aliphatic rings. The largest absolute Gasteiger partial charge is 0.352 e. The van der Waals surface area contributed by atoms with Gasteiger partial charge in [0.2, 0.25) is 0 Å². The van der Waals surface area contributed by atoms with Gasteiger partial charge in [-0.3, -0.25) is 4.79 Å². The van der Waals surface area contributed by atoms with Crippen molar-refractivity contribution in [3.63, 3.8) is 0 Å². The van der Waals surface area contributed by atoms with Crippen molar-refractivity contribution < 1.29 is 4.79 Å². The Morgan fingerprint density at radius 2 is 2.00 bits per heavy atom. The standard InChI is InChI=1S/C17H17N5OS/c23-17(18-10-5-11-24-16-8-2-1-3-9-16)14-6-4-7-15(12-14)22-13-19-20-21-22/h1-4,6-9,12-13H,5,10-11H2,(H,18,23). The zero-order valence-corrected chi connectivity index (χ0v) is 13.8. The number of carbonyl (C=O) groups excluding carboxylic acids is 1. The Bertz CT molecular complexity index is 777. The molecule has 0 saturated heterocycles. The third-order valence-corrected chi connectivity index (χ3v) is 4.44. The molecule has 1 amide bonds. The number of hydrogen-bond acceptors (Lipinski definition) is 5. The highest BCUT2D eigenvalue weighted by Gasteiger charge is 2.07. The molecule has 2 aromatic carbocycles. The summed E-state index contributed by atoms with van der Waals surface area (Å²) in [6.07, 6.45) is 2.41. The van der Waals surface area contributed by atoms with E-state index in [1.54, 1.807) is 23.9 Å². The summed E-state index contributed by atoms with van der Waals surface area (Å²) in [7, 11) is 0. The van der Waals surface area contributed by atoms with Crippen LogP contribution in [0.4, 0.5) is 0 Å². The molecule has 24 heavy (non-hydrogen) atoms. The van der Waals surface area contributed by atoms with Gasteiger partial charge in [-0.1, -0.05) is 24.3 Å². The molecule has 1 aromatic heterocycles. The molecule has 0 radical (unpaired) electrons. The first-order chi connectivity index (χ1) is 11.8. The average Bonchev–Trinajstić information content (AvgIpc) is 3.17. The van der Waals surface area contributed by atoms with E-state index in [2.05, 4.69) is 33.0 Å². The highest BCUT2D eigenvalue weighted by atomic mass is 32.2. The van der Waals surface area contributed by atoms with Crippen molar-refractivity contribution in [2.24, 2.45) is 0 Å². The zero-order chi connectivity index (χ0) is 16.6. The van der Waals surface area contributed by atoms with Gasteiger partial charge in [-0.15, -0.1) is 16.9 Å². The van der Waals surface area contributed by atoms with Gasteiger partial charge in [-0.25, -0.2) is 4.68 Å². The molecule has 0 spiro atoms. The lowest BCUT2D eigenvalue weighted by Crippen LogP contribution is -2.24. The van der Waals surface area contributed by atoms with Gasteiger partial charge in [-0.05, 0) is 52.9 Å². The smallest absolute Gasteiger partial charge is 0.251 e. The van der Waals surface area contributed by atoms with Gasteiger partial charge < -0.3 is 5.32 Å². The van der Waals surface area contributed by atoms with E-state index in [4.69, 9.17) is 0 Å². The van der Waals surface area contributed by atoms with Crippen LogP contribution in [0.1, 0.15) is 16.8 Å². The van der Waals surface area contributed by atoms with Crippen LogP contribution in [-0.2, 0) is 0 Å². The van der Waals surface area contributed by atoms with Crippen molar-refractivity contribution in [2.75, 3.05) is 12.3 Å². The van der Waals surface area contributed by atoms with Crippen LogP contribution in [0.25, 0.3) is 5.69 Å². The molecule has 122 valence electrons. The lowest BCUT2D eigenvalue weighted by Gasteiger charge is -2.07. The summed E-state index contributed by atoms with van der Waals surface area (Å²) in [5.41, 5.74) is 1.35. The van der Waals surface area contributed by atoms with E-state index < -0.39 is 0 Å². The highest BCUT2D eigenvalue weighted by molar-refractivity contribution is 7.99. The minimum Gasteiger partial charge on any atom is -0.352 e. The zero-order valence-electron chi connectivity index (χ0n) is 13.0. The maximum Gasteiger partial charge on any atom is 0.251 e. The molecular formula is C17H17N5OS. The summed E-state index contributed by atoms with van der Waals surface area (Å²) in [5.74, 6) is 0.879. The molecule has 7 heteroatoms. The second-order valence-electron chi connectivity index (χ2n) is 5.08. The van der Waals surface area contributed by atoms with Gasteiger partial charge in [0, 0.05) is 17.0 Å². The van der Waals surface area contributed by atoms with E-state index in [9.17, 15) is 4.79 Å². The fourth-order valence-corrected chi connectivity index (χ4v) is 3.03. The molecule has 0 aliphatic carbocycles. The van der Waals surface area contributed by atoms with E-state index in [0.29, 0.717) is 12.1 Å². The predicted octanol–water partition coefficient (Wildman–Crippen LogP) is 2.57. The number of hydrogen-bond donors (Lipinski definition) is 1. The number of carbonyl (C=O) groups is 1. The topological polar surface area (TPSA) is 72.7 Å². The second-order valence-corrected chi connectivity index (χ2v) is 6.24. The summed E-state index contributed by atoms with van der Waals surface area (Å²) in [4.78, 5) is 13.5. The Balaban J connectivity index is 1.46. The van der Waals surface area contributed by atoms with Crippen LogP contribution in [0, 0.1) is 0 Å².